The van der Waals surface area contributed by atoms with Crippen LogP contribution in [0.25, 0.3) is 0 Å². The molecular formula is C16H29N3O3S. The molecule has 1 heterocycles. The zero-order valence-corrected chi connectivity index (χ0v) is 15.6. The number of amides is 1. The van der Waals surface area contributed by atoms with Gasteiger partial charge in [-0.3, -0.25) is 0 Å². The lowest BCUT2D eigenvalue weighted by Crippen LogP contribution is -2.35. The maximum Gasteiger partial charge on any atom is 0.407 e. The SMILES string of the molecule is COCC(CCCNC(=O)OC(C)(C)C)NCc1nc(C)cs1. The van der Waals surface area contributed by atoms with Crippen LogP contribution >= 0.6 is 11.3 Å². The fourth-order valence-corrected chi connectivity index (χ4v) is 2.74. The zero-order valence-electron chi connectivity index (χ0n) is 14.8. The molecule has 0 aliphatic heterocycles. The Morgan fingerprint density at radius 3 is 2.74 bits per heavy atom. The van der Waals surface area contributed by atoms with Gasteiger partial charge in [-0.05, 0) is 40.5 Å². The fraction of sp³-hybridized carbons (Fsp3) is 0.750. The van der Waals surface area contributed by atoms with E-state index in [-0.39, 0.29) is 12.1 Å². The number of nitrogens with one attached hydrogen (secondary N) is 2. The number of ether oxygens (including phenoxy) is 2. The average Bonchev–Trinajstić information content (AvgIpc) is 2.84. The summed E-state index contributed by atoms with van der Waals surface area (Å²) in [4.78, 5) is 16.0. The molecule has 0 bridgehead atoms. The Balaban J connectivity index is 2.23. The van der Waals surface area contributed by atoms with Gasteiger partial charge in [0.25, 0.3) is 0 Å². The summed E-state index contributed by atoms with van der Waals surface area (Å²) < 4.78 is 10.5. The van der Waals surface area contributed by atoms with Crippen molar-refractivity contribution in [1.29, 1.82) is 0 Å². The predicted molar refractivity (Wildman–Crippen MR) is 92.8 cm³/mol. The first-order chi connectivity index (χ1) is 10.8. The van der Waals surface area contributed by atoms with Gasteiger partial charge < -0.3 is 20.1 Å². The highest BCUT2D eigenvalue weighted by molar-refractivity contribution is 7.09. The lowest BCUT2D eigenvalue weighted by Gasteiger charge is -2.20. The number of carbonyl (C=O) groups is 1. The van der Waals surface area contributed by atoms with Crippen molar-refractivity contribution in [2.24, 2.45) is 0 Å². The number of nitrogens with zero attached hydrogens (tertiary/aromatic N) is 1. The molecule has 0 aromatic carbocycles. The number of rotatable bonds is 9. The van der Waals surface area contributed by atoms with E-state index in [4.69, 9.17) is 9.47 Å². The minimum absolute atomic E-state index is 0.240. The Hall–Kier alpha value is -1.18. The highest BCUT2D eigenvalue weighted by atomic mass is 32.1. The number of aryl methyl sites for hydroxylation is 1. The second-order valence-electron chi connectivity index (χ2n) is 6.49. The first kappa shape index (κ1) is 19.9. The van der Waals surface area contributed by atoms with Crippen molar-refractivity contribution in [2.45, 2.75) is 58.7 Å². The van der Waals surface area contributed by atoms with Crippen LogP contribution in [0.4, 0.5) is 4.79 Å². The minimum Gasteiger partial charge on any atom is -0.444 e. The van der Waals surface area contributed by atoms with Crippen molar-refractivity contribution in [3.8, 4) is 0 Å². The van der Waals surface area contributed by atoms with Crippen molar-refractivity contribution in [3.63, 3.8) is 0 Å². The number of carbonyl (C=O) groups excluding carboxylic acids is 1. The van der Waals surface area contributed by atoms with Crippen LogP contribution in [0.3, 0.4) is 0 Å². The summed E-state index contributed by atoms with van der Waals surface area (Å²) in [6.45, 7) is 9.52. The maximum absolute atomic E-state index is 11.6. The van der Waals surface area contributed by atoms with E-state index < -0.39 is 5.60 Å². The van der Waals surface area contributed by atoms with Gasteiger partial charge in [-0.25, -0.2) is 9.78 Å². The number of thiazole rings is 1. The Kier molecular flexibility index (Phi) is 8.51. The lowest BCUT2D eigenvalue weighted by molar-refractivity contribution is 0.0526. The molecule has 0 saturated carbocycles. The highest BCUT2D eigenvalue weighted by Crippen LogP contribution is 2.09. The topological polar surface area (TPSA) is 72.5 Å². The molecule has 1 amide bonds. The molecule has 0 spiro atoms. The molecule has 0 aliphatic carbocycles. The van der Waals surface area contributed by atoms with E-state index in [0.717, 1.165) is 30.1 Å². The van der Waals surface area contributed by atoms with Crippen LogP contribution in [0.1, 0.15) is 44.3 Å². The summed E-state index contributed by atoms with van der Waals surface area (Å²) >= 11 is 1.66. The Morgan fingerprint density at radius 1 is 1.43 bits per heavy atom. The minimum atomic E-state index is -0.462. The molecule has 0 aliphatic rings. The van der Waals surface area contributed by atoms with Crippen LogP contribution in [0.15, 0.2) is 5.38 Å². The Morgan fingerprint density at radius 2 is 2.17 bits per heavy atom. The number of methoxy groups -OCH3 is 1. The first-order valence-electron chi connectivity index (χ1n) is 7.90. The second kappa shape index (κ2) is 9.85. The number of hydrogen-bond acceptors (Lipinski definition) is 6. The molecule has 2 N–H and O–H groups in total. The van der Waals surface area contributed by atoms with Gasteiger partial charge in [0, 0.05) is 37.3 Å². The van der Waals surface area contributed by atoms with Crippen molar-refractivity contribution >= 4 is 17.4 Å². The third-order valence-corrected chi connectivity index (χ3v) is 3.94. The van der Waals surface area contributed by atoms with Crippen LogP contribution < -0.4 is 10.6 Å². The Bertz CT molecular complexity index is 471. The molecule has 1 atom stereocenters. The monoisotopic (exact) mass is 343 g/mol. The van der Waals surface area contributed by atoms with Crippen LogP contribution in [0, 0.1) is 6.92 Å². The van der Waals surface area contributed by atoms with Gasteiger partial charge in [-0.2, -0.15) is 0 Å². The maximum atomic E-state index is 11.6. The smallest absolute Gasteiger partial charge is 0.407 e. The van der Waals surface area contributed by atoms with Gasteiger partial charge in [0.1, 0.15) is 10.6 Å². The largest absolute Gasteiger partial charge is 0.444 e. The van der Waals surface area contributed by atoms with Crippen molar-refractivity contribution < 1.29 is 14.3 Å². The number of aromatic nitrogens is 1. The number of alkyl carbamates (subject to hydrolysis) is 1. The summed E-state index contributed by atoms with van der Waals surface area (Å²) in [5, 5.41) is 9.36. The average molecular weight is 343 g/mol. The van der Waals surface area contributed by atoms with Gasteiger partial charge in [-0.1, -0.05) is 0 Å². The van der Waals surface area contributed by atoms with Crippen LogP contribution in [0.5, 0.6) is 0 Å². The van der Waals surface area contributed by atoms with Crippen molar-refractivity contribution in [3.05, 3.63) is 16.1 Å². The number of hydrogen-bond donors (Lipinski definition) is 2. The molecule has 1 unspecified atom stereocenters. The molecule has 1 rings (SSSR count). The lowest BCUT2D eigenvalue weighted by atomic mass is 10.1. The molecule has 23 heavy (non-hydrogen) atoms. The van der Waals surface area contributed by atoms with Crippen LogP contribution in [-0.2, 0) is 16.0 Å². The van der Waals surface area contributed by atoms with Gasteiger partial charge in [0.15, 0.2) is 0 Å². The normalized spacial score (nSPS) is 12.9. The molecule has 132 valence electrons. The van der Waals surface area contributed by atoms with Gasteiger partial charge in [0.05, 0.1) is 6.61 Å². The molecule has 0 saturated heterocycles. The predicted octanol–water partition coefficient (Wildman–Crippen LogP) is 2.86. The van der Waals surface area contributed by atoms with E-state index in [1.165, 1.54) is 0 Å². The fourth-order valence-electron chi connectivity index (χ4n) is 2.01. The summed E-state index contributed by atoms with van der Waals surface area (Å²) in [5.74, 6) is 0. The quantitative estimate of drug-likeness (QED) is 0.675. The molecular weight excluding hydrogens is 314 g/mol. The Labute approximate surface area is 143 Å². The van der Waals surface area contributed by atoms with E-state index >= 15 is 0 Å². The third-order valence-electron chi connectivity index (χ3n) is 2.97. The molecule has 0 radical (unpaired) electrons. The van der Waals surface area contributed by atoms with Crippen LogP contribution in [0.2, 0.25) is 0 Å². The molecule has 7 heteroatoms. The third kappa shape index (κ3) is 9.53. The standard InChI is InChI=1S/C16H29N3O3S/c1-12-11-23-14(19-12)9-18-13(10-21-5)7-6-8-17-15(20)22-16(2,3)4/h11,13,18H,6-10H2,1-5H3,(H,17,20). The zero-order chi connectivity index (χ0) is 17.3. The van der Waals surface area contributed by atoms with Crippen LogP contribution in [-0.4, -0.2) is 43.0 Å². The molecule has 1 aromatic heterocycles. The van der Waals surface area contributed by atoms with Crippen molar-refractivity contribution in [1.82, 2.24) is 15.6 Å². The van der Waals surface area contributed by atoms with E-state index in [2.05, 4.69) is 15.6 Å². The molecule has 6 nitrogen and oxygen atoms in total. The molecule has 0 fully saturated rings. The second-order valence-corrected chi connectivity index (χ2v) is 7.43. The summed E-state index contributed by atoms with van der Waals surface area (Å²) in [5.41, 5.74) is 0.590. The summed E-state index contributed by atoms with van der Waals surface area (Å²) in [7, 11) is 1.70. The first-order valence-corrected chi connectivity index (χ1v) is 8.78. The summed E-state index contributed by atoms with van der Waals surface area (Å²) in [6, 6.07) is 0.240. The van der Waals surface area contributed by atoms with E-state index in [1.807, 2.05) is 33.1 Å². The van der Waals surface area contributed by atoms with E-state index in [9.17, 15) is 4.79 Å². The highest BCUT2D eigenvalue weighted by Gasteiger charge is 2.15. The van der Waals surface area contributed by atoms with E-state index in [0.29, 0.717) is 13.2 Å². The van der Waals surface area contributed by atoms with Gasteiger partial charge in [-0.15, -0.1) is 11.3 Å². The van der Waals surface area contributed by atoms with Gasteiger partial charge in [0.2, 0.25) is 0 Å². The summed E-state index contributed by atoms with van der Waals surface area (Å²) in [6.07, 6.45) is 1.40. The van der Waals surface area contributed by atoms with Gasteiger partial charge >= 0.3 is 6.09 Å². The van der Waals surface area contributed by atoms with E-state index in [1.54, 1.807) is 18.4 Å². The molecule has 1 aromatic rings. The van der Waals surface area contributed by atoms with Crippen molar-refractivity contribution in [2.75, 3.05) is 20.3 Å².